The molecule has 2 aromatic rings. The van der Waals surface area contributed by atoms with Gasteiger partial charge in [0.2, 0.25) is 11.5 Å². The molecule has 1 aromatic carbocycles. The number of rotatable bonds is 1. The Morgan fingerprint density at radius 2 is 2.00 bits per heavy atom. The molecule has 1 aliphatic heterocycles. The van der Waals surface area contributed by atoms with Gasteiger partial charge in [-0.25, -0.2) is 4.79 Å². The summed E-state index contributed by atoms with van der Waals surface area (Å²) in [5.74, 6) is -1.90. The molecule has 3 rings (SSSR count). The molecule has 0 fully saturated rings. The molecule has 0 amide bonds. The number of aromatic amines is 1. The van der Waals surface area contributed by atoms with E-state index in [2.05, 4.69) is 9.72 Å². The quantitative estimate of drug-likeness (QED) is 0.745. The Kier molecular flexibility index (Phi) is 2.19. The van der Waals surface area contributed by atoms with E-state index in [-0.39, 0.29) is 12.2 Å². The van der Waals surface area contributed by atoms with Crippen molar-refractivity contribution < 1.29 is 19.4 Å². The zero-order valence-corrected chi connectivity index (χ0v) is 9.27. The highest BCUT2D eigenvalue weighted by atomic mass is 16.5. The number of fused-ring (bicyclic) bond motifs is 1. The highest BCUT2D eigenvalue weighted by molar-refractivity contribution is 6.30. The highest BCUT2D eigenvalue weighted by Gasteiger charge is 2.30. The average molecular weight is 243 g/mol. The van der Waals surface area contributed by atoms with Crippen LogP contribution in [0, 0.1) is 0 Å². The second-order valence-corrected chi connectivity index (χ2v) is 3.97. The van der Waals surface area contributed by atoms with Crippen molar-refractivity contribution in [2.45, 2.75) is 0 Å². The van der Waals surface area contributed by atoms with Crippen molar-refractivity contribution in [3.05, 3.63) is 41.8 Å². The molecule has 0 aliphatic carbocycles. The molecule has 5 heteroatoms. The molecule has 18 heavy (non-hydrogen) atoms. The number of hydrogen-bond donors (Lipinski definition) is 2. The number of nitrogens with one attached hydrogen (secondary N) is 1. The fourth-order valence-corrected chi connectivity index (χ4v) is 2.06. The van der Waals surface area contributed by atoms with Gasteiger partial charge in [0.15, 0.2) is 6.61 Å². The lowest BCUT2D eigenvalue weighted by atomic mass is 9.98. The first-order chi connectivity index (χ1) is 8.68. The minimum atomic E-state index is -0.866. The molecule has 0 saturated heterocycles. The van der Waals surface area contributed by atoms with E-state index in [0.29, 0.717) is 5.56 Å². The highest BCUT2D eigenvalue weighted by Crippen LogP contribution is 2.29. The number of aliphatic hydroxyl groups is 1. The summed E-state index contributed by atoms with van der Waals surface area (Å²) in [7, 11) is 0. The topological polar surface area (TPSA) is 79.4 Å². The van der Waals surface area contributed by atoms with Crippen LogP contribution in [0.15, 0.2) is 36.2 Å². The fraction of sp³-hybridized carbons (Fsp3) is 0.0769. The molecule has 2 N–H and O–H groups in total. The second kappa shape index (κ2) is 3.73. The Bertz CT molecular complexity index is 696. The lowest BCUT2D eigenvalue weighted by Gasteiger charge is -2.14. The molecular formula is C13H9NO4. The number of aromatic nitrogens is 1. The molecule has 0 saturated carbocycles. The molecule has 5 nitrogen and oxygen atoms in total. The van der Waals surface area contributed by atoms with Crippen molar-refractivity contribution in [1.29, 1.82) is 0 Å². The molecule has 0 bridgehead atoms. The summed E-state index contributed by atoms with van der Waals surface area (Å²) in [4.78, 5) is 26.1. The summed E-state index contributed by atoms with van der Waals surface area (Å²) in [5, 5.41) is 10.5. The number of cyclic esters (lactones) is 1. The normalized spacial score (nSPS) is 16.2. The number of hydrogen-bond acceptors (Lipinski definition) is 4. The molecule has 90 valence electrons. The number of benzene rings is 1. The van der Waals surface area contributed by atoms with Gasteiger partial charge in [-0.15, -0.1) is 0 Å². The van der Waals surface area contributed by atoms with E-state index in [9.17, 15) is 14.7 Å². The summed E-state index contributed by atoms with van der Waals surface area (Å²) >= 11 is 0. The van der Waals surface area contributed by atoms with Gasteiger partial charge in [-0.1, -0.05) is 18.2 Å². The van der Waals surface area contributed by atoms with Crippen LogP contribution < -0.4 is 0 Å². The van der Waals surface area contributed by atoms with Crippen molar-refractivity contribution in [3.8, 4) is 0 Å². The molecule has 0 unspecified atom stereocenters. The van der Waals surface area contributed by atoms with Crippen LogP contribution in [0.25, 0.3) is 16.5 Å². The number of Topliss-reactive ketones (excluding diaryl/α,β-unsaturated/α-hetero) is 1. The third-order valence-electron chi connectivity index (χ3n) is 2.90. The zero-order chi connectivity index (χ0) is 12.7. The maximum atomic E-state index is 11.8. The monoisotopic (exact) mass is 243 g/mol. The Labute approximate surface area is 102 Å². The minimum Gasteiger partial charge on any atom is -0.501 e. The van der Waals surface area contributed by atoms with E-state index in [1.807, 2.05) is 24.3 Å². The summed E-state index contributed by atoms with van der Waals surface area (Å²) in [6, 6.07) is 7.34. The molecule has 1 aromatic heterocycles. The Balaban J connectivity index is 2.28. The molecular weight excluding hydrogens is 234 g/mol. The summed E-state index contributed by atoms with van der Waals surface area (Å²) in [5.41, 5.74) is 1.37. The van der Waals surface area contributed by atoms with Crippen LogP contribution in [0.4, 0.5) is 0 Å². The first-order valence-electron chi connectivity index (χ1n) is 5.38. The Morgan fingerprint density at radius 3 is 2.83 bits per heavy atom. The molecule has 0 atom stereocenters. The standard InChI is InChI=1S/C13H9NO4/c15-10-6-18-13(17)12(16)11(10)8-5-14-9-4-2-1-3-7(8)9/h1-5,14,16H,6H2. The van der Waals surface area contributed by atoms with Crippen LogP contribution in [0.5, 0.6) is 0 Å². The van der Waals surface area contributed by atoms with Crippen molar-refractivity contribution in [2.75, 3.05) is 6.61 Å². The van der Waals surface area contributed by atoms with Gasteiger partial charge in [0.25, 0.3) is 0 Å². The summed E-state index contributed by atoms with van der Waals surface area (Å²) < 4.78 is 4.54. The van der Waals surface area contributed by atoms with Crippen LogP contribution in [0.1, 0.15) is 5.56 Å². The van der Waals surface area contributed by atoms with Crippen molar-refractivity contribution >= 4 is 28.2 Å². The van der Waals surface area contributed by atoms with Crippen molar-refractivity contribution in [2.24, 2.45) is 0 Å². The van der Waals surface area contributed by atoms with E-state index in [4.69, 9.17) is 0 Å². The molecule has 0 radical (unpaired) electrons. The van der Waals surface area contributed by atoms with E-state index >= 15 is 0 Å². The average Bonchev–Trinajstić information content (AvgIpc) is 2.79. The number of ether oxygens (including phenoxy) is 1. The van der Waals surface area contributed by atoms with Crippen LogP contribution in [-0.2, 0) is 14.3 Å². The van der Waals surface area contributed by atoms with Gasteiger partial charge < -0.3 is 14.8 Å². The van der Waals surface area contributed by atoms with Gasteiger partial charge in [-0.3, -0.25) is 4.79 Å². The number of ketones is 1. The van der Waals surface area contributed by atoms with Crippen LogP contribution >= 0.6 is 0 Å². The predicted molar refractivity (Wildman–Crippen MR) is 63.8 cm³/mol. The van der Waals surface area contributed by atoms with Gasteiger partial charge >= 0.3 is 5.97 Å². The van der Waals surface area contributed by atoms with Crippen LogP contribution in [-0.4, -0.2) is 28.4 Å². The maximum Gasteiger partial charge on any atom is 0.374 e. The van der Waals surface area contributed by atoms with E-state index < -0.39 is 17.5 Å². The number of H-pyrrole nitrogens is 1. The Hall–Kier alpha value is -2.56. The molecule has 0 spiro atoms. The van der Waals surface area contributed by atoms with E-state index in [1.54, 1.807) is 6.20 Å². The maximum absolute atomic E-state index is 11.8. The van der Waals surface area contributed by atoms with Crippen LogP contribution in [0.3, 0.4) is 0 Å². The van der Waals surface area contributed by atoms with E-state index in [1.165, 1.54) is 0 Å². The largest absolute Gasteiger partial charge is 0.501 e. The smallest absolute Gasteiger partial charge is 0.374 e. The van der Waals surface area contributed by atoms with Gasteiger partial charge in [-0.2, -0.15) is 0 Å². The SMILES string of the molecule is O=C1COC(=O)C(O)=C1c1c[nH]c2ccccc12. The Morgan fingerprint density at radius 1 is 1.22 bits per heavy atom. The minimum absolute atomic E-state index is 0.0173. The first-order valence-corrected chi connectivity index (χ1v) is 5.38. The number of carbonyl (C=O) groups is 2. The second-order valence-electron chi connectivity index (χ2n) is 3.97. The van der Waals surface area contributed by atoms with E-state index in [0.717, 1.165) is 10.9 Å². The molecule has 1 aliphatic rings. The number of carbonyl (C=O) groups excluding carboxylic acids is 2. The molecule has 2 heterocycles. The fourth-order valence-electron chi connectivity index (χ4n) is 2.06. The van der Waals surface area contributed by atoms with Crippen molar-refractivity contribution in [1.82, 2.24) is 4.98 Å². The third kappa shape index (κ3) is 1.41. The van der Waals surface area contributed by atoms with Gasteiger partial charge in [0, 0.05) is 22.7 Å². The lowest BCUT2D eigenvalue weighted by molar-refractivity contribution is -0.147. The predicted octanol–water partition coefficient (Wildman–Crippen LogP) is 1.56. The van der Waals surface area contributed by atoms with Gasteiger partial charge in [-0.05, 0) is 6.07 Å². The first kappa shape index (κ1) is 10.6. The number of aliphatic hydroxyl groups excluding tert-OH is 1. The summed E-state index contributed by atoms with van der Waals surface area (Å²) in [6.45, 7) is -0.336. The zero-order valence-electron chi connectivity index (χ0n) is 9.27. The third-order valence-corrected chi connectivity index (χ3v) is 2.90. The summed E-state index contributed by atoms with van der Waals surface area (Å²) in [6.07, 6.45) is 1.60. The number of para-hydroxylation sites is 1. The number of esters is 1. The van der Waals surface area contributed by atoms with Gasteiger partial charge in [0.1, 0.15) is 0 Å². The van der Waals surface area contributed by atoms with Gasteiger partial charge in [0.05, 0.1) is 5.57 Å². The van der Waals surface area contributed by atoms with Crippen molar-refractivity contribution in [3.63, 3.8) is 0 Å². The lowest BCUT2D eigenvalue weighted by Crippen LogP contribution is -2.25. The van der Waals surface area contributed by atoms with Crippen LogP contribution in [0.2, 0.25) is 0 Å².